The molecule has 210 valence electrons. The number of nitrogens with zero attached hydrogens (tertiary/aromatic N) is 2. The maximum absolute atomic E-state index is 12.0. The SMILES string of the molecule is Cc1ccnc(COc2cc(/C=C/c3cccc(-c4ccccc4)c3C)c(C)cc2CN2CCCC[C@H]2C(=O)O)c1. The number of carbonyl (C=O) groups is 1. The molecule has 1 atom stereocenters. The molecule has 0 aliphatic carbocycles. The number of hydrogen-bond acceptors (Lipinski definition) is 4. The quantitative estimate of drug-likeness (QED) is 0.217. The Hall–Kier alpha value is -4.22. The predicted octanol–water partition coefficient (Wildman–Crippen LogP) is 7.86. The molecule has 5 nitrogen and oxygen atoms in total. The van der Waals surface area contributed by atoms with Crippen molar-refractivity contribution in [3.63, 3.8) is 0 Å². The highest BCUT2D eigenvalue weighted by molar-refractivity contribution is 5.78. The van der Waals surface area contributed by atoms with Gasteiger partial charge in [-0.3, -0.25) is 14.7 Å². The minimum atomic E-state index is -0.750. The van der Waals surface area contributed by atoms with Crippen LogP contribution >= 0.6 is 0 Å². The Kier molecular flexibility index (Phi) is 8.95. The summed E-state index contributed by atoms with van der Waals surface area (Å²) in [7, 11) is 0. The average molecular weight is 547 g/mol. The fourth-order valence-electron chi connectivity index (χ4n) is 5.65. The second-order valence-corrected chi connectivity index (χ2v) is 11.0. The standard InChI is InChI=1S/C36H38N2O3/c1-25-17-18-37-32(20-25)24-41-35-22-30(26(2)21-31(35)23-38-19-8-7-14-34(38)36(39)40)16-15-28-12-9-13-33(27(28)3)29-10-5-4-6-11-29/h4-6,9-13,15-18,20-22,34H,7-8,14,19,23-24H2,1-3H3,(H,39,40)/b16-15+/t34-/m0/s1. The summed E-state index contributed by atoms with van der Waals surface area (Å²) in [6, 6.07) is 24.7. The van der Waals surface area contributed by atoms with Crippen molar-refractivity contribution in [3.8, 4) is 16.9 Å². The number of aromatic nitrogens is 1. The first-order valence-electron chi connectivity index (χ1n) is 14.4. The number of aryl methyl sites for hydroxylation is 2. The van der Waals surface area contributed by atoms with Gasteiger partial charge in [0.2, 0.25) is 0 Å². The predicted molar refractivity (Wildman–Crippen MR) is 166 cm³/mol. The minimum absolute atomic E-state index is 0.349. The maximum atomic E-state index is 12.0. The van der Waals surface area contributed by atoms with Gasteiger partial charge in [0.15, 0.2) is 0 Å². The molecule has 0 unspecified atom stereocenters. The van der Waals surface area contributed by atoms with Gasteiger partial charge in [-0.1, -0.05) is 73.2 Å². The van der Waals surface area contributed by atoms with Crippen LogP contribution in [-0.2, 0) is 17.9 Å². The molecule has 0 spiro atoms. The molecular formula is C36H38N2O3. The van der Waals surface area contributed by atoms with Crippen LogP contribution in [0.5, 0.6) is 5.75 Å². The van der Waals surface area contributed by atoms with Crippen molar-refractivity contribution < 1.29 is 14.6 Å². The van der Waals surface area contributed by atoms with Crippen molar-refractivity contribution in [2.45, 2.75) is 59.2 Å². The van der Waals surface area contributed by atoms with Crippen molar-refractivity contribution in [1.82, 2.24) is 9.88 Å². The van der Waals surface area contributed by atoms with E-state index in [2.05, 4.69) is 90.5 Å². The molecule has 0 radical (unpaired) electrons. The third-order valence-electron chi connectivity index (χ3n) is 7.97. The Balaban J connectivity index is 1.46. The molecule has 5 rings (SSSR count). The number of carboxylic acids is 1. The summed E-state index contributed by atoms with van der Waals surface area (Å²) < 4.78 is 6.39. The molecular weight excluding hydrogens is 508 g/mol. The Labute approximate surface area is 243 Å². The fraction of sp³-hybridized carbons (Fsp3) is 0.278. The molecule has 0 saturated carbocycles. The van der Waals surface area contributed by atoms with Crippen LogP contribution in [0, 0.1) is 20.8 Å². The van der Waals surface area contributed by atoms with E-state index in [0.29, 0.717) is 19.6 Å². The van der Waals surface area contributed by atoms with Gasteiger partial charge >= 0.3 is 5.97 Å². The first-order chi connectivity index (χ1) is 19.9. The van der Waals surface area contributed by atoms with E-state index in [-0.39, 0.29) is 0 Å². The summed E-state index contributed by atoms with van der Waals surface area (Å²) in [6.07, 6.45) is 8.75. The number of hydrogen-bond donors (Lipinski definition) is 1. The molecule has 2 heterocycles. The number of piperidine rings is 1. The van der Waals surface area contributed by atoms with E-state index >= 15 is 0 Å². The lowest BCUT2D eigenvalue weighted by Crippen LogP contribution is -2.44. The number of ether oxygens (including phenoxy) is 1. The summed E-state index contributed by atoms with van der Waals surface area (Å²) in [4.78, 5) is 18.5. The Bertz CT molecular complexity index is 1540. The van der Waals surface area contributed by atoms with Gasteiger partial charge in [0.25, 0.3) is 0 Å². The number of likely N-dealkylation sites (tertiary alicyclic amines) is 1. The van der Waals surface area contributed by atoms with Crippen LogP contribution < -0.4 is 4.74 Å². The second-order valence-electron chi connectivity index (χ2n) is 11.0. The van der Waals surface area contributed by atoms with Crippen LogP contribution in [0.3, 0.4) is 0 Å². The van der Waals surface area contributed by atoms with Gasteiger partial charge in [0.05, 0.1) is 5.69 Å². The number of carboxylic acid groups (broad SMARTS) is 1. The normalized spacial score (nSPS) is 15.7. The lowest BCUT2D eigenvalue weighted by Gasteiger charge is -2.33. The van der Waals surface area contributed by atoms with Gasteiger partial charge in [-0.2, -0.15) is 0 Å². The zero-order valence-corrected chi connectivity index (χ0v) is 24.1. The van der Waals surface area contributed by atoms with Gasteiger partial charge in [-0.25, -0.2) is 0 Å². The molecule has 1 aliphatic rings. The second kappa shape index (κ2) is 13.0. The molecule has 5 heteroatoms. The van der Waals surface area contributed by atoms with Crippen LogP contribution in [0.15, 0.2) is 79.0 Å². The smallest absolute Gasteiger partial charge is 0.320 e. The van der Waals surface area contributed by atoms with E-state index in [9.17, 15) is 9.90 Å². The van der Waals surface area contributed by atoms with Crippen LogP contribution in [-0.4, -0.2) is 33.5 Å². The van der Waals surface area contributed by atoms with Gasteiger partial charge in [-0.05, 0) is 97.3 Å². The van der Waals surface area contributed by atoms with Crippen LogP contribution in [0.25, 0.3) is 23.3 Å². The lowest BCUT2D eigenvalue weighted by atomic mass is 9.95. The van der Waals surface area contributed by atoms with Crippen LogP contribution in [0.1, 0.15) is 58.3 Å². The molecule has 1 N–H and O–H groups in total. The van der Waals surface area contributed by atoms with Crippen LogP contribution in [0.4, 0.5) is 0 Å². The molecule has 0 bridgehead atoms. The highest BCUT2D eigenvalue weighted by atomic mass is 16.5. The summed E-state index contributed by atoms with van der Waals surface area (Å²) in [5.74, 6) is 0.0172. The molecule has 1 fully saturated rings. The van der Waals surface area contributed by atoms with E-state index in [1.165, 1.54) is 22.3 Å². The Morgan fingerprint density at radius 1 is 0.976 bits per heavy atom. The number of rotatable bonds is 9. The van der Waals surface area contributed by atoms with Crippen molar-refractivity contribution in [2.75, 3.05) is 6.54 Å². The van der Waals surface area contributed by atoms with Crippen molar-refractivity contribution in [3.05, 3.63) is 118 Å². The highest BCUT2D eigenvalue weighted by Gasteiger charge is 2.29. The summed E-state index contributed by atoms with van der Waals surface area (Å²) in [5, 5.41) is 9.84. The maximum Gasteiger partial charge on any atom is 0.320 e. The Morgan fingerprint density at radius 3 is 2.56 bits per heavy atom. The van der Waals surface area contributed by atoms with E-state index in [1.807, 2.05) is 25.1 Å². The van der Waals surface area contributed by atoms with Gasteiger partial charge in [0.1, 0.15) is 18.4 Å². The molecule has 1 aromatic heterocycles. The van der Waals surface area contributed by atoms with Gasteiger partial charge in [0, 0.05) is 18.3 Å². The molecule has 3 aromatic carbocycles. The molecule has 41 heavy (non-hydrogen) atoms. The van der Waals surface area contributed by atoms with Crippen molar-refractivity contribution in [2.24, 2.45) is 0 Å². The number of aliphatic carboxylic acids is 1. The molecule has 4 aromatic rings. The molecule has 0 amide bonds. The van der Waals surface area contributed by atoms with Crippen molar-refractivity contribution >= 4 is 18.1 Å². The third kappa shape index (κ3) is 6.93. The van der Waals surface area contributed by atoms with Gasteiger partial charge in [-0.15, -0.1) is 0 Å². The van der Waals surface area contributed by atoms with E-state index in [0.717, 1.165) is 53.1 Å². The fourth-order valence-corrected chi connectivity index (χ4v) is 5.65. The van der Waals surface area contributed by atoms with Crippen LogP contribution in [0.2, 0.25) is 0 Å². The largest absolute Gasteiger partial charge is 0.487 e. The molecule has 1 aliphatic heterocycles. The first kappa shape index (κ1) is 28.3. The topological polar surface area (TPSA) is 62.7 Å². The highest BCUT2D eigenvalue weighted by Crippen LogP contribution is 2.31. The third-order valence-corrected chi connectivity index (χ3v) is 7.97. The lowest BCUT2D eigenvalue weighted by molar-refractivity contribution is -0.144. The van der Waals surface area contributed by atoms with E-state index < -0.39 is 12.0 Å². The monoisotopic (exact) mass is 546 g/mol. The first-order valence-corrected chi connectivity index (χ1v) is 14.4. The van der Waals surface area contributed by atoms with E-state index in [1.54, 1.807) is 6.20 Å². The summed E-state index contributed by atoms with van der Waals surface area (Å²) >= 11 is 0. The Morgan fingerprint density at radius 2 is 1.78 bits per heavy atom. The number of benzene rings is 3. The van der Waals surface area contributed by atoms with Gasteiger partial charge < -0.3 is 9.84 Å². The zero-order valence-electron chi connectivity index (χ0n) is 24.1. The molecule has 1 saturated heterocycles. The summed E-state index contributed by atoms with van der Waals surface area (Å²) in [6.45, 7) is 7.97. The summed E-state index contributed by atoms with van der Waals surface area (Å²) in [5.41, 5.74) is 10.0. The van der Waals surface area contributed by atoms with E-state index in [4.69, 9.17) is 4.74 Å². The zero-order chi connectivity index (χ0) is 28.8. The average Bonchev–Trinajstić information content (AvgIpc) is 2.97. The minimum Gasteiger partial charge on any atom is -0.487 e. The number of pyridine rings is 1. The van der Waals surface area contributed by atoms with Crippen molar-refractivity contribution in [1.29, 1.82) is 0 Å².